The first-order valence-electron chi connectivity index (χ1n) is 5.87. The summed E-state index contributed by atoms with van der Waals surface area (Å²) in [5.41, 5.74) is 0.440. The molecule has 0 spiro atoms. The predicted molar refractivity (Wildman–Crippen MR) is 68.7 cm³/mol. The fraction of sp³-hybridized carbons (Fsp3) is 0.500. The van der Waals surface area contributed by atoms with E-state index in [-0.39, 0.29) is 11.1 Å². The average molecular weight is 253 g/mol. The summed E-state index contributed by atoms with van der Waals surface area (Å²) < 4.78 is 0. The number of aromatic amines is 1. The van der Waals surface area contributed by atoms with Gasteiger partial charge in [0.25, 0.3) is 11.5 Å². The van der Waals surface area contributed by atoms with E-state index in [4.69, 9.17) is 5.11 Å². The van der Waals surface area contributed by atoms with E-state index in [1.165, 1.54) is 6.07 Å². The molecular weight excluding hydrogens is 234 g/mol. The van der Waals surface area contributed by atoms with Gasteiger partial charge in [-0.2, -0.15) is 0 Å². The zero-order valence-electron chi connectivity index (χ0n) is 10.6. The monoisotopic (exact) mass is 253 g/mol. The smallest absolute Gasteiger partial charge is 0.260 e. The van der Waals surface area contributed by atoms with Gasteiger partial charge in [0.15, 0.2) is 0 Å². The van der Waals surface area contributed by atoms with Crippen molar-refractivity contribution in [3.8, 4) is 0 Å². The number of H-pyrrole nitrogens is 1. The Bertz CT molecular complexity index is 454. The molecule has 6 nitrogen and oxygen atoms in total. The van der Waals surface area contributed by atoms with E-state index in [2.05, 4.69) is 15.6 Å². The molecule has 0 aliphatic heterocycles. The van der Waals surface area contributed by atoms with E-state index in [9.17, 15) is 9.59 Å². The Kier molecular flexibility index (Phi) is 5.54. The number of amides is 1. The van der Waals surface area contributed by atoms with Gasteiger partial charge < -0.3 is 20.7 Å². The summed E-state index contributed by atoms with van der Waals surface area (Å²) in [6, 6.07) is 3.19. The number of aromatic nitrogens is 1. The molecule has 0 aliphatic carbocycles. The second-order valence-corrected chi connectivity index (χ2v) is 4.19. The lowest BCUT2D eigenvalue weighted by Crippen LogP contribution is -2.36. The van der Waals surface area contributed by atoms with Crippen LogP contribution in [0, 0.1) is 6.92 Å². The molecular formula is C12H19N3O3. The standard InChI is InChI=1S/C12H19N3O3/c1-8-3-4-10(12(18)15-8)11(17)14-6-5-13-7-9(2)16/h3-4,9,13,16H,5-7H2,1-2H3,(H,14,17)(H,15,18). The van der Waals surface area contributed by atoms with E-state index >= 15 is 0 Å². The first-order chi connectivity index (χ1) is 8.50. The van der Waals surface area contributed by atoms with Gasteiger partial charge >= 0.3 is 0 Å². The molecule has 0 saturated heterocycles. The van der Waals surface area contributed by atoms with Gasteiger partial charge in [0.2, 0.25) is 0 Å². The fourth-order valence-corrected chi connectivity index (χ4v) is 1.42. The summed E-state index contributed by atoms with van der Waals surface area (Å²) in [7, 11) is 0. The molecule has 4 N–H and O–H groups in total. The normalized spacial score (nSPS) is 12.2. The number of aryl methyl sites for hydroxylation is 1. The summed E-state index contributed by atoms with van der Waals surface area (Å²) in [6.45, 7) is 4.85. The summed E-state index contributed by atoms with van der Waals surface area (Å²) in [5, 5.41) is 14.6. The van der Waals surface area contributed by atoms with E-state index in [0.29, 0.717) is 19.6 Å². The highest BCUT2D eigenvalue weighted by Gasteiger charge is 2.09. The third kappa shape index (κ3) is 4.68. The van der Waals surface area contributed by atoms with Crippen LogP contribution >= 0.6 is 0 Å². The Hall–Kier alpha value is -1.66. The van der Waals surface area contributed by atoms with Crippen molar-refractivity contribution in [3.05, 3.63) is 33.7 Å². The maximum atomic E-state index is 11.7. The molecule has 1 aromatic heterocycles. The molecule has 0 fully saturated rings. The zero-order valence-corrected chi connectivity index (χ0v) is 10.6. The van der Waals surface area contributed by atoms with Gasteiger partial charge in [-0.05, 0) is 26.0 Å². The summed E-state index contributed by atoms with van der Waals surface area (Å²) >= 11 is 0. The molecule has 0 aromatic carbocycles. The minimum absolute atomic E-state index is 0.108. The Morgan fingerprint density at radius 1 is 1.44 bits per heavy atom. The maximum Gasteiger partial charge on any atom is 0.260 e. The lowest BCUT2D eigenvalue weighted by atomic mass is 10.2. The van der Waals surface area contributed by atoms with Gasteiger partial charge in [-0.3, -0.25) is 9.59 Å². The van der Waals surface area contributed by atoms with Gasteiger partial charge in [-0.1, -0.05) is 0 Å². The van der Waals surface area contributed by atoms with Crippen molar-refractivity contribution in [1.82, 2.24) is 15.6 Å². The highest BCUT2D eigenvalue weighted by atomic mass is 16.3. The Morgan fingerprint density at radius 2 is 2.17 bits per heavy atom. The number of nitrogens with one attached hydrogen (secondary N) is 3. The third-order valence-electron chi connectivity index (χ3n) is 2.33. The van der Waals surface area contributed by atoms with Crippen LogP contribution in [-0.2, 0) is 0 Å². The molecule has 100 valence electrons. The molecule has 1 atom stereocenters. The predicted octanol–water partition coefficient (Wildman–Crippen LogP) is -0.616. The highest BCUT2D eigenvalue weighted by molar-refractivity contribution is 5.93. The average Bonchev–Trinajstić information content (AvgIpc) is 2.27. The van der Waals surface area contributed by atoms with Crippen LogP contribution in [0.4, 0.5) is 0 Å². The lowest BCUT2D eigenvalue weighted by Gasteiger charge is -2.08. The number of carbonyl (C=O) groups is 1. The molecule has 0 saturated carbocycles. The number of carbonyl (C=O) groups excluding carboxylic acids is 1. The second-order valence-electron chi connectivity index (χ2n) is 4.19. The number of hydrogen-bond acceptors (Lipinski definition) is 4. The zero-order chi connectivity index (χ0) is 13.5. The number of aliphatic hydroxyl groups is 1. The van der Waals surface area contributed by atoms with Crippen molar-refractivity contribution in [2.75, 3.05) is 19.6 Å². The molecule has 18 heavy (non-hydrogen) atoms. The molecule has 0 aliphatic rings. The Labute approximate surface area is 105 Å². The van der Waals surface area contributed by atoms with Crippen molar-refractivity contribution in [1.29, 1.82) is 0 Å². The third-order valence-corrected chi connectivity index (χ3v) is 2.33. The van der Waals surface area contributed by atoms with Gasteiger partial charge in [0.1, 0.15) is 5.56 Å². The van der Waals surface area contributed by atoms with E-state index in [1.807, 2.05) is 0 Å². The van der Waals surface area contributed by atoms with Crippen LogP contribution in [-0.4, -0.2) is 41.7 Å². The van der Waals surface area contributed by atoms with Crippen molar-refractivity contribution in [2.24, 2.45) is 0 Å². The van der Waals surface area contributed by atoms with Crippen LogP contribution in [0.3, 0.4) is 0 Å². The van der Waals surface area contributed by atoms with E-state index < -0.39 is 12.0 Å². The largest absolute Gasteiger partial charge is 0.392 e. The SMILES string of the molecule is Cc1ccc(C(=O)NCCNCC(C)O)c(=O)[nH]1. The molecule has 1 heterocycles. The van der Waals surface area contributed by atoms with Crippen LogP contribution in [0.5, 0.6) is 0 Å². The number of pyridine rings is 1. The van der Waals surface area contributed by atoms with Crippen LogP contribution in [0.2, 0.25) is 0 Å². The van der Waals surface area contributed by atoms with E-state index in [0.717, 1.165) is 5.69 Å². The summed E-state index contributed by atoms with van der Waals surface area (Å²) in [6.07, 6.45) is -0.416. The fourth-order valence-electron chi connectivity index (χ4n) is 1.42. The van der Waals surface area contributed by atoms with Crippen LogP contribution in [0.15, 0.2) is 16.9 Å². The molecule has 1 rings (SSSR count). The molecule has 6 heteroatoms. The highest BCUT2D eigenvalue weighted by Crippen LogP contribution is 1.92. The molecule has 1 aromatic rings. The maximum absolute atomic E-state index is 11.7. The first-order valence-corrected chi connectivity index (χ1v) is 5.87. The molecule has 0 bridgehead atoms. The Balaban J connectivity index is 2.39. The van der Waals surface area contributed by atoms with Crippen molar-refractivity contribution >= 4 is 5.91 Å². The minimum atomic E-state index is -0.416. The van der Waals surface area contributed by atoms with Gasteiger partial charge in [-0.25, -0.2) is 0 Å². The lowest BCUT2D eigenvalue weighted by molar-refractivity contribution is 0.0952. The van der Waals surface area contributed by atoms with Gasteiger partial charge in [-0.15, -0.1) is 0 Å². The van der Waals surface area contributed by atoms with Crippen LogP contribution < -0.4 is 16.2 Å². The molecule has 0 radical (unpaired) electrons. The molecule has 1 unspecified atom stereocenters. The van der Waals surface area contributed by atoms with Crippen molar-refractivity contribution in [3.63, 3.8) is 0 Å². The van der Waals surface area contributed by atoms with Crippen LogP contribution in [0.1, 0.15) is 23.0 Å². The van der Waals surface area contributed by atoms with Crippen molar-refractivity contribution in [2.45, 2.75) is 20.0 Å². The summed E-state index contributed by atoms with van der Waals surface area (Å²) in [4.78, 5) is 25.7. The van der Waals surface area contributed by atoms with Gasteiger partial charge in [0, 0.05) is 25.3 Å². The first kappa shape index (κ1) is 14.4. The quantitative estimate of drug-likeness (QED) is 0.508. The number of aliphatic hydroxyl groups excluding tert-OH is 1. The second kappa shape index (κ2) is 6.93. The Morgan fingerprint density at radius 3 is 2.78 bits per heavy atom. The summed E-state index contributed by atoms with van der Waals surface area (Å²) in [5.74, 6) is -0.393. The topological polar surface area (TPSA) is 94.2 Å². The van der Waals surface area contributed by atoms with Crippen molar-refractivity contribution < 1.29 is 9.90 Å². The number of hydrogen-bond donors (Lipinski definition) is 4. The minimum Gasteiger partial charge on any atom is -0.392 e. The van der Waals surface area contributed by atoms with E-state index in [1.54, 1.807) is 19.9 Å². The van der Waals surface area contributed by atoms with Crippen LogP contribution in [0.25, 0.3) is 0 Å². The number of rotatable bonds is 6. The molecule has 1 amide bonds. The van der Waals surface area contributed by atoms with Gasteiger partial charge in [0.05, 0.1) is 6.10 Å².